The Bertz CT molecular complexity index is 1270. The minimum absolute atomic E-state index is 0.152. The summed E-state index contributed by atoms with van der Waals surface area (Å²) in [5.74, 6) is 1.25. The second kappa shape index (κ2) is 9.11. The van der Waals surface area contributed by atoms with Crippen molar-refractivity contribution in [1.29, 1.82) is 5.26 Å². The molecule has 1 spiro atoms. The maximum absolute atomic E-state index is 13.4. The summed E-state index contributed by atoms with van der Waals surface area (Å²) < 4.78 is 12.5. The standard InChI is InChI=1S/C30H36BN3O3/c1-20(2)26-33-30(15-7-8-16-30)27(35)34(26)19-21-9-11-22(12-10-21)25-17-24(14-13-23(25)18-32)31-36-28(3,4)29(5,6)37-31/h9-14,17,20H,7-8,15-16,19H2,1-6H3. The first-order valence-corrected chi connectivity index (χ1v) is 13.4. The van der Waals surface area contributed by atoms with Crippen molar-refractivity contribution in [1.82, 2.24) is 4.90 Å². The fourth-order valence-corrected chi connectivity index (χ4v) is 5.56. The van der Waals surface area contributed by atoms with Crippen LogP contribution in [0.25, 0.3) is 11.1 Å². The van der Waals surface area contributed by atoms with Gasteiger partial charge in [-0.3, -0.25) is 14.7 Å². The number of hydrogen-bond acceptors (Lipinski definition) is 5. The predicted molar refractivity (Wildman–Crippen MR) is 146 cm³/mol. The van der Waals surface area contributed by atoms with E-state index in [-0.39, 0.29) is 11.8 Å². The molecule has 0 aromatic heterocycles. The summed E-state index contributed by atoms with van der Waals surface area (Å²) in [6.07, 6.45) is 3.84. The van der Waals surface area contributed by atoms with Gasteiger partial charge in [-0.05, 0) is 68.8 Å². The Kier molecular flexibility index (Phi) is 6.33. The van der Waals surface area contributed by atoms with E-state index in [1.807, 2.05) is 75.1 Å². The first-order valence-electron chi connectivity index (χ1n) is 13.4. The van der Waals surface area contributed by atoms with E-state index < -0.39 is 23.9 Å². The zero-order valence-electron chi connectivity index (χ0n) is 22.8. The Hall–Kier alpha value is -2.95. The largest absolute Gasteiger partial charge is 0.494 e. The summed E-state index contributed by atoms with van der Waals surface area (Å²) in [5.41, 5.74) is 2.91. The molecule has 2 aromatic rings. The van der Waals surface area contributed by atoms with Crippen LogP contribution in [0.4, 0.5) is 0 Å². The second-order valence-corrected chi connectivity index (χ2v) is 12.0. The van der Waals surface area contributed by atoms with Crippen molar-refractivity contribution >= 4 is 24.3 Å². The molecule has 7 heteroatoms. The quantitative estimate of drug-likeness (QED) is 0.530. The fourth-order valence-electron chi connectivity index (χ4n) is 5.56. The van der Waals surface area contributed by atoms with Crippen LogP contribution in [0.2, 0.25) is 0 Å². The number of aliphatic imine (C=N–C) groups is 1. The van der Waals surface area contributed by atoms with Crippen molar-refractivity contribution in [2.45, 2.75) is 90.5 Å². The molecule has 2 aromatic carbocycles. The third-order valence-electron chi connectivity index (χ3n) is 8.49. The van der Waals surface area contributed by atoms with Crippen molar-refractivity contribution in [3.8, 4) is 17.2 Å². The summed E-state index contributed by atoms with van der Waals surface area (Å²) in [4.78, 5) is 20.3. The van der Waals surface area contributed by atoms with Gasteiger partial charge < -0.3 is 9.31 Å². The number of amidine groups is 1. The lowest BCUT2D eigenvalue weighted by molar-refractivity contribution is -0.131. The smallest absolute Gasteiger partial charge is 0.399 e. The Morgan fingerprint density at radius 1 is 1.03 bits per heavy atom. The molecule has 1 saturated heterocycles. The number of carbonyl (C=O) groups is 1. The third-order valence-corrected chi connectivity index (χ3v) is 8.49. The molecule has 0 radical (unpaired) electrons. The fraction of sp³-hybridized carbons (Fsp3) is 0.500. The number of hydrogen-bond donors (Lipinski definition) is 0. The number of nitrogens with zero attached hydrogens (tertiary/aromatic N) is 3. The summed E-state index contributed by atoms with van der Waals surface area (Å²) in [6, 6.07) is 16.2. The number of benzene rings is 2. The minimum atomic E-state index is -0.533. The van der Waals surface area contributed by atoms with Crippen LogP contribution in [0.3, 0.4) is 0 Å². The van der Waals surface area contributed by atoms with Gasteiger partial charge in [0.25, 0.3) is 5.91 Å². The monoisotopic (exact) mass is 497 g/mol. The van der Waals surface area contributed by atoms with Crippen LogP contribution in [0.5, 0.6) is 0 Å². The third kappa shape index (κ3) is 4.41. The highest BCUT2D eigenvalue weighted by Gasteiger charge is 2.52. The Labute approximate surface area is 220 Å². The molecule has 2 fully saturated rings. The van der Waals surface area contributed by atoms with Crippen LogP contribution in [0, 0.1) is 17.2 Å². The second-order valence-electron chi connectivity index (χ2n) is 12.0. The van der Waals surface area contributed by atoms with E-state index in [1.54, 1.807) is 0 Å². The summed E-state index contributed by atoms with van der Waals surface area (Å²) in [7, 11) is -0.492. The Morgan fingerprint density at radius 3 is 2.22 bits per heavy atom. The van der Waals surface area contributed by atoms with E-state index in [2.05, 4.69) is 19.9 Å². The van der Waals surface area contributed by atoms with Crippen LogP contribution < -0.4 is 5.46 Å². The molecule has 0 unspecified atom stereocenters. The topological polar surface area (TPSA) is 74.9 Å². The highest BCUT2D eigenvalue weighted by molar-refractivity contribution is 6.62. The van der Waals surface area contributed by atoms with Crippen molar-refractivity contribution in [3.63, 3.8) is 0 Å². The molecule has 2 heterocycles. The maximum atomic E-state index is 13.4. The maximum Gasteiger partial charge on any atom is 0.494 e. The van der Waals surface area contributed by atoms with Crippen LogP contribution in [0.15, 0.2) is 47.5 Å². The van der Waals surface area contributed by atoms with Crippen LogP contribution in [-0.2, 0) is 20.6 Å². The van der Waals surface area contributed by atoms with E-state index in [0.29, 0.717) is 12.1 Å². The summed E-state index contributed by atoms with van der Waals surface area (Å²) >= 11 is 0. The van der Waals surface area contributed by atoms with Gasteiger partial charge in [-0.2, -0.15) is 5.26 Å². The van der Waals surface area contributed by atoms with Crippen LogP contribution in [-0.4, -0.2) is 40.5 Å². The lowest BCUT2D eigenvalue weighted by atomic mass is 9.77. The van der Waals surface area contributed by atoms with E-state index in [0.717, 1.165) is 53.7 Å². The van der Waals surface area contributed by atoms with Gasteiger partial charge in [-0.1, -0.05) is 63.1 Å². The average Bonchev–Trinajstić information content (AvgIpc) is 3.50. The number of carbonyl (C=O) groups excluding carboxylic acids is 1. The lowest BCUT2D eigenvalue weighted by Gasteiger charge is -2.32. The molecule has 0 atom stereocenters. The van der Waals surface area contributed by atoms with Gasteiger partial charge in [-0.25, -0.2) is 0 Å². The number of rotatable bonds is 5. The normalized spacial score (nSPS) is 21.7. The molecule has 192 valence electrons. The summed E-state index contributed by atoms with van der Waals surface area (Å²) in [6.45, 7) is 12.9. The first kappa shape index (κ1) is 25.7. The Balaban J connectivity index is 1.39. The molecule has 1 amide bonds. The molecule has 0 N–H and O–H groups in total. The number of nitriles is 1. The van der Waals surface area contributed by atoms with E-state index >= 15 is 0 Å². The molecule has 2 aliphatic heterocycles. The van der Waals surface area contributed by atoms with E-state index in [1.165, 1.54) is 0 Å². The van der Waals surface area contributed by atoms with Gasteiger partial charge in [-0.15, -0.1) is 0 Å². The van der Waals surface area contributed by atoms with Crippen LogP contribution in [0.1, 0.15) is 78.4 Å². The number of amides is 1. The SMILES string of the molecule is CC(C)C1=NC2(CCCC2)C(=O)N1Cc1ccc(-c2cc(B3OC(C)(C)C(C)(C)O3)ccc2C#N)cc1. The van der Waals surface area contributed by atoms with Gasteiger partial charge in [0.1, 0.15) is 11.4 Å². The van der Waals surface area contributed by atoms with Gasteiger partial charge in [0.2, 0.25) is 0 Å². The minimum Gasteiger partial charge on any atom is -0.399 e. The average molecular weight is 497 g/mol. The van der Waals surface area contributed by atoms with Gasteiger partial charge >= 0.3 is 7.12 Å². The van der Waals surface area contributed by atoms with Crippen molar-refractivity contribution < 1.29 is 14.1 Å². The highest BCUT2D eigenvalue weighted by Crippen LogP contribution is 2.41. The molecule has 1 aliphatic carbocycles. The predicted octanol–water partition coefficient (Wildman–Crippen LogP) is 5.23. The molecular formula is C30H36BN3O3. The van der Waals surface area contributed by atoms with Gasteiger partial charge in [0.05, 0.1) is 29.4 Å². The lowest BCUT2D eigenvalue weighted by Crippen LogP contribution is -2.41. The molecule has 3 aliphatic rings. The molecule has 37 heavy (non-hydrogen) atoms. The van der Waals surface area contributed by atoms with Crippen LogP contribution >= 0.6 is 0 Å². The molecule has 6 nitrogen and oxygen atoms in total. The summed E-state index contributed by atoms with van der Waals surface area (Å²) in [5, 5.41) is 9.79. The zero-order valence-corrected chi connectivity index (χ0v) is 22.8. The van der Waals surface area contributed by atoms with Crippen molar-refractivity contribution in [3.05, 3.63) is 53.6 Å². The van der Waals surface area contributed by atoms with Crippen molar-refractivity contribution in [2.24, 2.45) is 10.9 Å². The van der Waals surface area contributed by atoms with Gasteiger partial charge in [0.15, 0.2) is 0 Å². The Morgan fingerprint density at radius 2 is 1.65 bits per heavy atom. The zero-order chi connectivity index (χ0) is 26.6. The van der Waals surface area contributed by atoms with Gasteiger partial charge in [0, 0.05) is 5.92 Å². The molecular weight excluding hydrogens is 461 g/mol. The van der Waals surface area contributed by atoms with Crippen molar-refractivity contribution in [2.75, 3.05) is 0 Å². The highest BCUT2D eigenvalue weighted by atomic mass is 16.7. The van der Waals surface area contributed by atoms with E-state index in [4.69, 9.17) is 14.3 Å². The molecule has 0 bridgehead atoms. The molecule has 5 rings (SSSR count). The first-order chi connectivity index (χ1) is 17.5. The molecule has 1 saturated carbocycles. The van der Waals surface area contributed by atoms with E-state index in [9.17, 15) is 10.1 Å².